The Morgan fingerprint density at radius 3 is 2.67 bits per heavy atom. The van der Waals surface area contributed by atoms with Crippen molar-refractivity contribution in [3.63, 3.8) is 0 Å². The maximum absolute atomic E-state index is 7.98. The van der Waals surface area contributed by atoms with E-state index >= 15 is 0 Å². The summed E-state index contributed by atoms with van der Waals surface area (Å²) in [5.74, 6) is -0.0141. The zero-order chi connectivity index (χ0) is 12.7. The molecule has 0 amide bonds. The fourth-order valence-electron chi connectivity index (χ4n) is 0.844. The van der Waals surface area contributed by atoms with E-state index in [1.807, 2.05) is 26.8 Å². The molecular weight excluding hydrogens is 144 g/mol. The van der Waals surface area contributed by atoms with E-state index in [1.54, 1.807) is 6.08 Å². The molecule has 0 heteroatoms. The predicted molar refractivity (Wildman–Crippen MR) is 57.3 cm³/mol. The van der Waals surface area contributed by atoms with Gasteiger partial charge in [-0.2, -0.15) is 0 Å². The summed E-state index contributed by atoms with van der Waals surface area (Å²) in [7, 11) is 0. The maximum Gasteiger partial charge on any atom is 0.0310 e. The minimum atomic E-state index is -0.518. The molecule has 0 aromatic rings. The van der Waals surface area contributed by atoms with Crippen molar-refractivity contribution in [3.05, 3.63) is 12.2 Å². The van der Waals surface area contributed by atoms with Crippen molar-refractivity contribution >= 4 is 0 Å². The van der Waals surface area contributed by atoms with Gasteiger partial charge in [-0.3, -0.25) is 0 Å². The lowest BCUT2D eigenvalue weighted by atomic mass is 9.90. The zero-order valence-corrected chi connectivity index (χ0v) is 8.46. The van der Waals surface area contributed by atoms with Crippen molar-refractivity contribution in [2.45, 2.75) is 53.3 Å². The van der Waals surface area contributed by atoms with Crippen molar-refractivity contribution in [3.8, 4) is 0 Å². The molecule has 0 aromatic carbocycles. The Morgan fingerprint density at radius 1 is 1.33 bits per heavy atom. The van der Waals surface area contributed by atoms with Crippen LogP contribution in [0.5, 0.6) is 0 Å². The Bertz CT molecular complexity index is 205. The molecule has 5 unspecified atom stereocenters. The van der Waals surface area contributed by atoms with Gasteiger partial charge in [-0.05, 0) is 31.1 Å². The van der Waals surface area contributed by atoms with Gasteiger partial charge in [0.25, 0.3) is 0 Å². The van der Waals surface area contributed by atoms with Crippen molar-refractivity contribution in [2.24, 2.45) is 11.8 Å². The SMILES string of the molecule is [2H]CC([2H])C(C)C(C)C([2H])C([2H])/C=C/CC. The highest BCUT2D eigenvalue weighted by atomic mass is 14.1. The summed E-state index contributed by atoms with van der Waals surface area (Å²) < 4.78 is 30.7. The molecule has 0 spiro atoms. The third-order valence-electron chi connectivity index (χ3n) is 2.10. The fraction of sp³-hybridized carbons (Fsp3) is 0.833. The lowest BCUT2D eigenvalue weighted by Crippen LogP contribution is -2.05. The maximum atomic E-state index is 7.98. The van der Waals surface area contributed by atoms with Crippen LogP contribution in [0.3, 0.4) is 0 Å². The zero-order valence-electron chi connectivity index (χ0n) is 12.5. The molecule has 0 aliphatic heterocycles. The summed E-state index contributed by atoms with van der Waals surface area (Å²) in [6.45, 7) is 5.91. The Kier molecular flexibility index (Phi) is 3.84. The molecule has 0 nitrogen and oxygen atoms in total. The summed E-state index contributed by atoms with van der Waals surface area (Å²) in [5, 5.41) is 0. The van der Waals surface area contributed by atoms with Gasteiger partial charge in [-0.15, -0.1) is 0 Å². The molecule has 0 rings (SSSR count). The minimum absolute atomic E-state index is 0.00266. The van der Waals surface area contributed by atoms with Crippen molar-refractivity contribution in [2.75, 3.05) is 0 Å². The number of hydrogen-bond acceptors (Lipinski definition) is 0. The first-order valence-corrected chi connectivity index (χ1v) is 4.68. The Labute approximate surface area is 83.7 Å². The van der Waals surface area contributed by atoms with E-state index in [-0.39, 0.29) is 18.7 Å². The van der Waals surface area contributed by atoms with E-state index in [9.17, 15) is 0 Å². The minimum Gasteiger partial charge on any atom is -0.0888 e. The smallest absolute Gasteiger partial charge is 0.0310 e. The third kappa shape index (κ3) is 5.40. The van der Waals surface area contributed by atoms with Gasteiger partial charge < -0.3 is 0 Å². The van der Waals surface area contributed by atoms with E-state index in [0.717, 1.165) is 6.42 Å². The van der Waals surface area contributed by atoms with Crippen LogP contribution in [0.1, 0.15) is 58.8 Å². The molecule has 5 atom stereocenters. The second kappa shape index (κ2) is 7.39. The second-order valence-corrected chi connectivity index (χ2v) is 3.18. The Hall–Kier alpha value is -0.260. The van der Waals surface area contributed by atoms with Gasteiger partial charge in [0.15, 0.2) is 0 Å². The molecule has 0 N–H and O–H groups in total. The van der Waals surface area contributed by atoms with Crippen molar-refractivity contribution in [1.82, 2.24) is 0 Å². The quantitative estimate of drug-likeness (QED) is 0.520. The molecule has 72 valence electrons. The van der Waals surface area contributed by atoms with Crippen LogP contribution in [0.2, 0.25) is 0 Å². The Balaban J connectivity index is 4.35. The average Bonchev–Trinajstić information content (AvgIpc) is 2.31. The molecule has 12 heavy (non-hydrogen) atoms. The van der Waals surface area contributed by atoms with Crippen molar-refractivity contribution < 1.29 is 5.48 Å². The Morgan fingerprint density at radius 2 is 2.08 bits per heavy atom. The van der Waals surface area contributed by atoms with Crippen LogP contribution in [-0.4, -0.2) is 0 Å². The first-order chi connectivity index (χ1) is 7.45. The van der Waals surface area contributed by atoms with Crippen LogP contribution in [0, 0.1) is 11.8 Å². The average molecular weight is 172 g/mol. The molecule has 0 bridgehead atoms. The van der Waals surface area contributed by atoms with Gasteiger partial charge in [0, 0.05) is 5.48 Å². The van der Waals surface area contributed by atoms with Gasteiger partial charge >= 0.3 is 0 Å². The lowest BCUT2D eigenvalue weighted by Gasteiger charge is -2.16. The summed E-state index contributed by atoms with van der Waals surface area (Å²) in [6.07, 6.45) is 3.11. The first kappa shape index (κ1) is 6.23. The van der Waals surface area contributed by atoms with Crippen LogP contribution in [-0.2, 0) is 0 Å². The highest BCUT2D eigenvalue weighted by Gasteiger charge is 2.07. The molecule has 0 aromatic heterocycles. The van der Waals surface area contributed by atoms with E-state index in [1.165, 1.54) is 0 Å². The fourth-order valence-corrected chi connectivity index (χ4v) is 0.844. The second-order valence-electron chi connectivity index (χ2n) is 3.18. The predicted octanol–water partition coefficient (Wildman–Crippen LogP) is 4.42. The van der Waals surface area contributed by atoms with Gasteiger partial charge in [0.2, 0.25) is 0 Å². The van der Waals surface area contributed by atoms with Gasteiger partial charge in [0.05, 0.1) is 0 Å². The van der Waals surface area contributed by atoms with Crippen LogP contribution >= 0.6 is 0 Å². The largest absolute Gasteiger partial charge is 0.0888 e. The summed E-state index contributed by atoms with van der Waals surface area (Å²) >= 11 is 0. The molecule has 0 saturated heterocycles. The van der Waals surface area contributed by atoms with E-state index < -0.39 is 19.2 Å². The monoisotopic (exact) mass is 172 g/mol. The van der Waals surface area contributed by atoms with Crippen LogP contribution in [0.25, 0.3) is 0 Å². The number of hydrogen-bond donors (Lipinski definition) is 0. The van der Waals surface area contributed by atoms with Gasteiger partial charge in [0.1, 0.15) is 0 Å². The number of rotatable bonds is 6. The third-order valence-corrected chi connectivity index (χ3v) is 2.10. The summed E-state index contributed by atoms with van der Waals surface area (Å²) in [6, 6.07) is 0. The highest BCUT2D eigenvalue weighted by molar-refractivity contribution is 4.80. The lowest BCUT2D eigenvalue weighted by molar-refractivity contribution is 0.357. The topological polar surface area (TPSA) is 0 Å². The van der Waals surface area contributed by atoms with Crippen LogP contribution < -0.4 is 0 Å². The molecule has 0 aliphatic rings. The van der Waals surface area contributed by atoms with Gasteiger partial charge in [-0.1, -0.05) is 46.2 Å². The normalized spacial score (nSPS) is 29.2. The summed E-state index contributed by atoms with van der Waals surface area (Å²) in [4.78, 5) is 0. The van der Waals surface area contributed by atoms with E-state index in [4.69, 9.17) is 5.48 Å². The summed E-state index contributed by atoms with van der Waals surface area (Å²) in [5.41, 5.74) is 0. The molecular formula is C12H24. The number of allylic oxidation sites excluding steroid dienone is 2. The van der Waals surface area contributed by atoms with Gasteiger partial charge in [-0.25, -0.2) is 0 Å². The molecule has 0 saturated carbocycles. The van der Waals surface area contributed by atoms with Crippen LogP contribution in [0.15, 0.2) is 12.2 Å². The molecule has 0 radical (unpaired) electrons. The van der Waals surface area contributed by atoms with E-state index in [2.05, 4.69) is 0 Å². The molecule has 0 aliphatic carbocycles. The molecule has 0 heterocycles. The molecule has 0 fully saturated rings. The first-order valence-electron chi connectivity index (χ1n) is 7.12. The standard InChI is InChI=1S/C12H24/c1-5-7-8-9-10-12(4)11(3)6-2/h7-8,11-12H,5-6,9-10H2,1-4H3/b8-7+/i2D,6D,9D,10D. The van der Waals surface area contributed by atoms with E-state index in [0.29, 0.717) is 0 Å². The van der Waals surface area contributed by atoms with Crippen LogP contribution in [0.4, 0.5) is 0 Å². The van der Waals surface area contributed by atoms with Crippen molar-refractivity contribution in [1.29, 1.82) is 0 Å². The highest BCUT2D eigenvalue weighted by Crippen LogP contribution is 2.19.